The van der Waals surface area contributed by atoms with Gasteiger partial charge in [0, 0.05) is 5.46 Å². The topological polar surface area (TPSA) is 66.8 Å². The van der Waals surface area contributed by atoms with Crippen LogP contribution in [0.25, 0.3) is 0 Å². The number of aryl methyl sites for hydroxylation is 1. The average molecular weight is 236 g/mol. The number of hydrogen-bond donors (Lipinski definition) is 2. The molecule has 1 rings (SSSR count). The Bertz CT molecular complexity index is 390. The molecule has 1 aromatic carbocycles. The molecule has 0 aliphatic carbocycles. The van der Waals surface area contributed by atoms with Gasteiger partial charge in [0.05, 0.1) is 12.2 Å². The van der Waals surface area contributed by atoms with Gasteiger partial charge < -0.3 is 14.8 Å². The number of ether oxygens (including phenoxy) is 1. The van der Waals surface area contributed by atoms with Crippen molar-refractivity contribution in [3.05, 3.63) is 23.3 Å². The van der Waals surface area contributed by atoms with Gasteiger partial charge in [-0.1, -0.05) is 25.0 Å². The van der Waals surface area contributed by atoms with Crippen LogP contribution in [0.4, 0.5) is 0 Å². The summed E-state index contributed by atoms with van der Waals surface area (Å²) in [6.45, 7) is 4.27. The van der Waals surface area contributed by atoms with Gasteiger partial charge in [-0.3, -0.25) is 4.79 Å². The molecule has 0 aliphatic heterocycles. The molecular weight excluding hydrogens is 219 g/mol. The van der Waals surface area contributed by atoms with Crippen LogP contribution in [0.5, 0.6) is 5.75 Å². The van der Waals surface area contributed by atoms with Crippen molar-refractivity contribution in [3.63, 3.8) is 0 Å². The molecule has 0 aromatic heterocycles. The highest BCUT2D eigenvalue weighted by atomic mass is 16.5. The van der Waals surface area contributed by atoms with Crippen molar-refractivity contribution in [3.8, 4) is 5.75 Å². The third kappa shape index (κ3) is 3.58. The summed E-state index contributed by atoms with van der Waals surface area (Å²) in [6, 6.07) is 3.28. The molecule has 0 atom stereocenters. The van der Waals surface area contributed by atoms with E-state index in [1.165, 1.54) is 0 Å². The highest BCUT2D eigenvalue weighted by Gasteiger charge is 2.20. The zero-order chi connectivity index (χ0) is 12.8. The minimum absolute atomic E-state index is 0.239. The van der Waals surface area contributed by atoms with Crippen LogP contribution in [0.15, 0.2) is 12.1 Å². The summed E-state index contributed by atoms with van der Waals surface area (Å²) in [5, 5.41) is 18.5. The second-order valence-corrected chi connectivity index (χ2v) is 3.97. The van der Waals surface area contributed by atoms with Crippen molar-refractivity contribution in [1.82, 2.24) is 0 Å². The second-order valence-electron chi connectivity index (χ2n) is 3.97. The Kier molecular flexibility index (Phi) is 5.19. The van der Waals surface area contributed by atoms with Crippen molar-refractivity contribution in [2.24, 2.45) is 0 Å². The van der Waals surface area contributed by atoms with Gasteiger partial charge in [0.25, 0.3) is 0 Å². The summed E-state index contributed by atoms with van der Waals surface area (Å²) in [6.07, 6.45) is 2.49. The van der Waals surface area contributed by atoms with Gasteiger partial charge >= 0.3 is 7.12 Å². The predicted octanol–water partition coefficient (Wildman–Crippen LogP) is 0.666. The highest BCUT2D eigenvalue weighted by molar-refractivity contribution is 6.60. The van der Waals surface area contributed by atoms with E-state index >= 15 is 0 Å². The molecule has 0 saturated carbocycles. The fourth-order valence-electron chi connectivity index (χ4n) is 1.59. The molecule has 2 N–H and O–H groups in total. The maximum absolute atomic E-state index is 10.9. The van der Waals surface area contributed by atoms with Crippen molar-refractivity contribution in [2.75, 3.05) is 6.61 Å². The van der Waals surface area contributed by atoms with Crippen LogP contribution in [-0.2, 0) is 0 Å². The van der Waals surface area contributed by atoms with E-state index < -0.39 is 7.12 Å². The Labute approximate surface area is 101 Å². The fraction of sp³-hybridized carbons (Fsp3) is 0.417. The molecule has 0 amide bonds. The van der Waals surface area contributed by atoms with Crippen LogP contribution in [0, 0.1) is 6.92 Å². The van der Waals surface area contributed by atoms with Gasteiger partial charge in [-0.15, -0.1) is 0 Å². The lowest BCUT2D eigenvalue weighted by atomic mass is 9.77. The third-order valence-corrected chi connectivity index (χ3v) is 2.44. The summed E-state index contributed by atoms with van der Waals surface area (Å²) in [4.78, 5) is 10.9. The van der Waals surface area contributed by atoms with E-state index in [0.29, 0.717) is 18.5 Å². The molecule has 0 aliphatic rings. The minimum Gasteiger partial charge on any atom is -0.493 e. The minimum atomic E-state index is -1.63. The molecule has 0 radical (unpaired) electrons. The number of benzene rings is 1. The van der Waals surface area contributed by atoms with Gasteiger partial charge in [-0.05, 0) is 19.4 Å². The van der Waals surface area contributed by atoms with Crippen molar-refractivity contribution < 1.29 is 19.6 Å². The Morgan fingerprint density at radius 1 is 1.41 bits per heavy atom. The number of carbonyl (C=O) groups is 1. The van der Waals surface area contributed by atoms with E-state index in [2.05, 4.69) is 0 Å². The SMILES string of the molecule is CCCCOc1c(C=O)cc(C)cc1B(O)O. The van der Waals surface area contributed by atoms with Gasteiger partial charge in [-0.25, -0.2) is 0 Å². The first-order chi connectivity index (χ1) is 8.10. The normalized spacial score (nSPS) is 10.1. The Morgan fingerprint density at radius 2 is 2.12 bits per heavy atom. The molecule has 17 heavy (non-hydrogen) atoms. The quantitative estimate of drug-likeness (QED) is 0.432. The molecule has 92 valence electrons. The van der Waals surface area contributed by atoms with E-state index in [1.54, 1.807) is 19.1 Å². The van der Waals surface area contributed by atoms with Gasteiger partial charge in [0.1, 0.15) is 5.75 Å². The Morgan fingerprint density at radius 3 is 2.65 bits per heavy atom. The molecule has 0 heterocycles. The first kappa shape index (κ1) is 13.7. The molecule has 0 spiro atoms. The van der Waals surface area contributed by atoms with Gasteiger partial charge in [0.15, 0.2) is 6.29 Å². The Hall–Kier alpha value is -1.33. The van der Waals surface area contributed by atoms with Crippen LogP contribution in [0.2, 0.25) is 0 Å². The van der Waals surface area contributed by atoms with Crippen LogP contribution >= 0.6 is 0 Å². The van der Waals surface area contributed by atoms with Crippen LogP contribution in [0.1, 0.15) is 35.7 Å². The smallest absolute Gasteiger partial charge is 0.492 e. The molecule has 0 unspecified atom stereocenters. The number of rotatable bonds is 6. The van der Waals surface area contributed by atoms with E-state index in [0.717, 1.165) is 18.4 Å². The average Bonchev–Trinajstić information content (AvgIpc) is 2.30. The lowest BCUT2D eigenvalue weighted by Crippen LogP contribution is -2.32. The molecule has 0 saturated heterocycles. The largest absolute Gasteiger partial charge is 0.493 e. The van der Waals surface area contributed by atoms with Gasteiger partial charge in [-0.2, -0.15) is 0 Å². The third-order valence-electron chi connectivity index (χ3n) is 2.44. The lowest BCUT2D eigenvalue weighted by molar-refractivity contribution is 0.111. The summed E-state index contributed by atoms with van der Waals surface area (Å²) in [5.41, 5.74) is 1.38. The zero-order valence-corrected chi connectivity index (χ0v) is 10.1. The van der Waals surface area contributed by atoms with Crippen LogP contribution in [-0.4, -0.2) is 30.1 Å². The highest BCUT2D eigenvalue weighted by Crippen LogP contribution is 2.17. The number of aldehydes is 1. The molecule has 0 bridgehead atoms. The molecular formula is C12H17BO4. The molecule has 0 fully saturated rings. The number of unbranched alkanes of at least 4 members (excludes halogenated alkanes) is 1. The molecule has 1 aromatic rings. The van der Waals surface area contributed by atoms with Crippen LogP contribution in [0.3, 0.4) is 0 Å². The summed E-state index contributed by atoms with van der Waals surface area (Å²) < 4.78 is 5.46. The molecule has 5 heteroatoms. The lowest BCUT2D eigenvalue weighted by Gasteiger charge is -2.14. The number of carbonyl (C=O) groups excluding carboxylic acids is 1. The maximum Gasteiger partial charge on any atom is 0.492 e. The maximum atomic E-state index is 10.9. The van der Waals surface area contributed by atoms with E-state index in [1.807, 2.05) is 6.92 Å². The van der Waals surface area contributed by atoms with Gasteiger partial charge in [0.2, 0.25) is 0 Å². The summed E-state index contributed by atoms with van der Waals surface area (Å²) in [7, 11) is -1.63. The standard InChI is InChI=1S/C12H17BO4/c1-3-4-5-17-12-10(8-14)6-9(2)7-11(12)13(15)16/h6-8,15-16H,3-5H2,1-2H3. The molecule has 4 nitrogen and oxygen atoms in total. The Balaban J connectivity index is 3.08. The summed E-state index contributed by atoms with van der Waals surface area (Å²) >= 11 is 0. The van der Waals surface area contributed by atoms with E-state index in [-0.39, 0.29) is 11.2 Å². The first-order valence-corrected chi connectivity index (χ1v) is 5.68. The van der Waals surface area contributed by atoms with E-state index in [9.17, 15) is 14.8 Å². The van der Waals surface area contributed by atoms with Crippen molar-refractivity contribution >= 4 is 18.9 Å². The fourth-order valence-corrected chi connectivity index (χ4v) is 1.59. The van der Waals surface area contributed by atoms with Crippen molar-refractivity contribution in [1.29, 1.82) is 0 Å². The first-order valence-electron chi connectivity index (χ1n) is 5.68. The van der Waals surface area contributed by atoms with Crippen molar-refractivity contribution in [2.45, 2.75) is 26.7 Å². The van der Waals surface area contributed by atoms with E-state index in [4.69, 9.17) is 4.74 Å². The number of hydrogen-bond acceptors (Lipinski definition) is 4. The zero-order valence-electron chi connectivity index (χ0n) is 10.1. The monoisotopic (exact) mass is 236 g/mol. The second kappa shape index (κ2) is 6.42. The van der Waals surface area contributed by atoms with Crippen LogP contribution < -0.4 is 10.2 Å². The summed E-state index contributed by atoms with van der Waals surface area (Å²) in [5.74, 6) is 0.272. The predicted molar refractivity (Wildman–Crippen MR) is 66.8 cm³/mol.